The van der Waals surface area contributed by atoms with Crippen molar-refractivity contribution in [3.05, 3.63) is 35.4 Å². The number of halogens is 2. The van der Waals surface area contributed by atoms with Crippen LogP contribution in [0.2, 0.25) is 0 Å². The van der Waals surface area contributed by atoms with Gasteiger partial charge in [0.15, 0.2) is 0 Å². The second-order valence-electron chi connectivity index (χ2n) is 4.13. The summed E-state index contributed by atoms with van der Waals surface area (Å²) in [6, 6.07) is 6.31. The van der Waals surface area contributed by atoms with Gasteiger partial charge in [-0.1, -0.05) is 19.1 Å². The standard InChI is InChI=1S/C13H17F2NO2/c1-2-7-16(9-12(14)15)8-10-3-5-11(6-4-10)13(17)18/h3-6,12H,2,7-9H2,1H3,(H,17,18). The molecule has 0 amide bonds. The number of benzene rings is 1. The normalized spacial score (nSPS) is 11.2. The van der Waals surface area contributed by atoms with E-state index < -0.39 is 12.4 Å². The minimum atomic E-state index is -2.35. The van der Waals surface area contributed by atoms with Crippen LogP contribution in [0.5, 0.6) is 0 Å². The van der Waals surface area contributed by atoms with E-state index in [0.717, 1.165) is 12.0 Å². The molecule has 0 bridgehead atoms. The van der Waals surface area contributed by atoms with Crippen LogP contribution < -0.4 is 0 Å². The van der Waals surface area contributed by atoms with Crippen molar-refractivity contribution in [2.45, 2.75) is 26.3 Å². The fourth-order valence-electron chi connectivity index (χ4n) is 1.76. The molecule has 0 aliphatic rings. The lowest BCUT2D eigenvalue weighted by Gasteiger charge is -2.21. The van der Waals surface area contributed by atoms with Gasteiger partial charge in [0.05, 0.1) is 12.1 Å². The van der Waals surface area contributed by atoms with E-state index in [1.165, 1.54) is 12.1 Å². The van der Waals surface area contributed by atoms with Crippen LogP contribution in [0.25, 0.3) is 0 Å². The van der Waals surface area contributed by atoms with Crippen molar-refractivity contribution < 1.29 is 18.7 Å². The number of hydrogen-bond donors (Lipinski definition) is 1. The van der Waals surface area contributed by atoms with Gasteiger partial charge in [0, 0.05) is 6.54 Å². The molecule has 100 valence electrons. The maximum atomic E-state index is 12.4. The van der Waals surface area contributed by atoms with E-state index in [9.17, 15) is 13.6 Å². The topological polar surface area (TPSA) is 40.5 Å². The van der Waals surface area contributed by atoms with Crippen LogP contribution in [0, 0.1) is 0 Å². The quantitative estimate of drug-likeness (QED) is 0.816. The predicted octanol–water partition coefficient (Wildman–Crippen LogP) is 2.86. The maximum Gasteiger partial charge on any atom is 0.335 e. The highest BCUT2D eigenvalue weighted by atomic mass is 19.3. The molecule has 1 aromatic rings. The summed E-state index contributed by atoms with van der Waals surface area (Å²) in [5.41, 5.74) is 1.05. The van der Waals surface area contributed by atoms with Crippen molar-refractivity contribution >= 4 is 5.97 Å². The third kappa shape index (κ3) is 4.79. The zero-order valence-electron chi connectivity index (χ0n) is 10.3. The lowest BCUT2D eigenvalue weighted by molar-refractivity contribution is 0.0697. The minimum absolute atomic E-state index is 0.203. The summed E-state index contributed by atoms with van der Waals surface area (Å²) < 4.78 is 24.7. The molecule has 1 rings (SSSR count). The van der Waals surface area contributed by atoms with Crippen LogP contribution in [-0.4, -0.2) is 35.5 Å². The highest BCUT2D eigenvalue weighted by Gasteiger charge is 2.12. The summed E-state index contributed by atoms with van der Waals surface area (Å²) in [5.74, 6) is -0.987. The summed E-state index contributed by atoms with van der Waals surface area (Å²) >= 11 is 0. The molecule has 3 nitrogen and oxygen atoms in total. The Morgan fingerprint density at radius 2 is 1.94 bits per heavy atom. The second-order valence-corrected chi connectivity index (χ2v) is 4.13. The lowest BCUT2D eigenvalue weighted by atomic mass is 10.1. The van der Waals surface area contributed by atoms with E-state index in [1.807, 2.05) is 6.92 Å². The molecule has 0 spiro atoms. The van der Waals surface area contributed by atoms with Gasteiger partial charge in [-0.15, -0.1) is 0 Å². The van der Waals surface area contributed by atoms with Crippen molar-refractivity contribution in [3.8, 4) is 0 Å². The summed E-state index contributed by atoms with van der Waals surface area (Å²) in [4.78, 5) is 12.3. The van der Waals surface area contributed by atoms with Crippen LogP contribution in [0.4, 0.5) is 8.78 Å². The van der Waals surface area contributed by atoms with Gasteiger partial charge in [-0.3, -0.25) is 4.90 Å². The largest absolute Gasteiger partial charge is 0.478 e. The van der Waals surface area contributed by atoms with Gasteiger partial charge in [-0.05, 0) is 30.7 Å². The van der Waals surface area contributed by atoms with Crippen LogP contribution in [0.1, 0.15) is 29.3 Å². The number of carboxylic acid groups (broad SMARTS) is 1. The summed E-state index contributed by atoms with van der Waals surface area (Å²) in [5, 5.41) is 8.75. The van der Waals surface area contributed by atoms with Gasteiger partial charge < -0.3 is 5.11 Å². The molecule has 0 saturated heterocycles. The Kier molecular flexibility index (Phi) is 5.71. The molecule has 0 saturated carbocycles. The van der Waals surface area contributed by atoms with Gasteiger partial charge >= 0.3 is 5.97 Å². The third-order valence-electron chi connectivity index (χ3n) is 2.54. The van der Waals surface area contributed by atoms with Crippen LogP contribution in [0.3, 0.4) is 0 Å². The van der Waals surface area contributed by atoms with Crippen LogP contribution in [0.15, 0.2) is 24.3 Å². The molecular weight excluding hydrogens is 240 g/mol. The first-order valence-electron chi connectivity index (χ1n) is 5.85. The SMILES string of the molecule is CCCN(Cc1ccc(C(=O)O)cc1)CC(F)F. The smallest absolute Gasteiger partial charge is 0.335 e. The van der Waals surface area contributed by atoms with E-state index in [1.54, 1.807) is 17.0 Å². The third-order valence-corrected chi connectivity index (χ3v) is 2.54. The van der Waals surface area contributed by atoms with Crippen molar-refractivity contribution in [1.29, 1.82) is 0 Å². The Morgan fingerprint density at radius 1 is 1.33 bits per heavy atom. The Balaban J connectivity index is 2.65. The van der Waals surface area contributed by atoms with Crippen molar-refractivity contribution in [2.24, 2.45) is 0 Å². The number of nitrogens with zero attached hydrogens (tertiary/aromatic N) is 1. The van der Waals surface area contributed by atoms with E-state index in [0.29, 0.717) is 13.1 Å². The lowest BCUT2D eigenvalue weighted by Crippen LogP contribution is -2.29. The Bertz CT molecular complexity index is 379. The number of aromatic carboxylic acids is 1. The second kappa shape index (κ2) is 7.06. The molecule has 0 atom stereocenters. The summed E-state index contributed by atoms with van der Waals surface area (Å²) in [6.45, 7) is 2.70. The fourth-order valence-corrected chi connectivity index (χ4v) is 1.76. The monoisotopic (exact) mass is 257 g/mol. The first-order chi connectivity index (χ1) is 8.52. The highest BCUT2D eigenvalue weighted by molar-refractivity contribution is 5.87. The zero-order valence-corrected chi connectivity index (χ0v) is 10.3. The summed E-state index contributed by atoms with van der Waals surface area (Å²) in [6.07, 6.45) is -1.55. The first kappa shape index (κ1) is 14.6. The van der Waals surface area contributed by atoms with Crippen LogP contribution in [-0.2, 0) is 6.54 Å². The van der Waals surface area contributed by atoms with Crippen molar-refractivity contribution in [3.63, 3.8) is 0 Å². The van der Waals surface area contributed by atoms with Crippen molar-refractivity contribution in [2.75, 3.05) is 13.1 Å². The van der Waals surface area contributed by atoms with Gasteiger partial charge in [0.2, 0.25) is 0 Å². The Morgan fingerprint density at radius 3 is 2.39 bits per heavy atom. The number of alkyl halides is 2. The van der Waals surface area contributed by atoms with Gasteiger partial charge in [-0.2, -0.15) is 0 Å². The van der Waals surface area contributed by atoms with Crippen LogP contribution >= 0.6 is 0 Å². The molecule has 0 aromatic heterocycles. The molecule has 1 aromatic carbocycles. The van der Waals surface area contributed by atoms with Gasteiger partial charge in [-0.25, -0.2) is 13.6 Å². The molecule has 0 radical (unpaired) electrons. The number of carboxylic acids is 1. The van der Waals surface area contributed by atoms with Crippen molar-refractivity contribution in [1.82, 2.24) is 4.90 Å². The molecular formula is C13H17F2NO2. The highest BCUT2D eigenvalue weighted by Crippen LogP contribution is 2.10. The Labute approximate surface area is 105 Å². The average Bonchev–Trinajstić information content (AvgIpc) is 2.29. The predicted molar refractivity (Wildman–Crippen MR) is 65.0 cm³/mol. The minimum Gasteiger partial charge on any atom is -0.478 e. The van der Waals surface area contributed by atoms with E-state index in [2.05, 4.69) is 0 Å². The molecule has 18 heavy (non-hydrogen) atoms. The number of hydrogen-bond acceptors (Lipinski definition) is 2. The fraction of sp³-hybridized carbons (Fsp3) is 0.462. The van der Waals surface area contributed by atoms with Gasteiger partial charge in [0.25, 0.3) is 6.43 Å². The molecule has 0 heterocycles. The number of rotatable bonds is 7. The molecule has 0 aliphatic carbocycles. The molecule has 0 unspecified atom stereocenters. The molecule has 0 fully saturated rings. The number of carbonyl (C=O) groups is 1. The molecule has 5 heteroatoms. The Hall–Kier alpha value is -1.49. The van der Waals surface area contributed by atoms with E-state index in [4.69, 9.17) is 5.11 Å². The summed E-state index contributed by atoms with van der Waals surface area (Å²) in [7, 11) is 0. The molecule has 0 aliphatic heterocycles. The molecule has 1 N–H and O–H groups in total. The van der Waals surface area contributed by atoms with E-state index in [-0.39, 0.29) is 12.1 Å². The van der Waals surface area contributed by atoms with E-state index >= 15 is 0 Å². The first-order valence-corrected chi connectivity index (χ1v) is 5.85. The zero-order chi connectivity index (χ0) is 13.5. The maximum absolute atomic E-state index is 12.4. The van der Waals surface area contributed by atoms with Gasteiger partial charge in [0.1, 0.15) is 0 Å². The average molecular weight is 257 g/mol.